The summed E-state index contributed by atoms with van der Waals surface area (Å²) >= 11 is 0. The Morgan fingerprint density at radius 2 is 1.88 bits per heavy atom. The molecule has 4 heteroatoms. The van der Waals surface area contributed by atoms with Crippen molar-refractivity contribution in [3.05, 3.63) is 35.4 Å². The Morgan fingerprint density at radius 1 is 1.29 bits per heavy atom. The van der Waals surface area contributed by atoms with Crippen molar-refractivity contribution >= 4 is 5.97 Å². The average Bonchev–Trinajstić information content (AvgIpc) is 2.25. The highest BCUT2D eigenvalue weighted by atomic mass is 16.6. The molecule has 0 aliphatic heterocycles. The number of aliphatic carboxylic acids is 1. The fourth-order valence-corrected chi connectivity index (χ4v) is 1.31. The molecule has 0 unspecified atom stereocenters. The van der Waals surface area contributed by atoms with Crippen LogP contribution in [0.1, 0.15) is 25.0 Å². The molecule has 0 aromatic heterocycles. The first kappa shape index (κ1) is 13.7. The van der Waals surface area contributed by atoms with Crippen molar-refractivity contribution in [3.8, 4) is 0 Å². The maximum atomic E-state index is 10.5. The van der Waals surface area contributed by atoms with Crippen LogP contribution in [0.25, 0.3) is 0 Å². The number of carboxylic acid groups (broad SMARTS) is 1. The second kappa shape index (κ2) is 7.04. The van der Waals surface area contributed by atoms with E-state index in [1.165, 1.54) is 0 Å². The predicted octanol–water partition coefficient (Wildman–Crippen LogP) is 1.99. The largest absolute Gasteiger partial charge is 0.481 e. The number of nitrogens with one attached hydrogen (secondary N) is 1. The molecule has 0 heterocycles. The van der Waals surface area contributed by atoms with Gasteiger partial charge in [-0.1, -0.05) is 38.1 Å². The number of benzene rings is 1. The summed E-state index contributed by atoms with van der Waals surface area (Å²) < 4.78 is 0. The molecule has 94 valence electrons. The quantitative estimate of drug-likeness (QED) is 0.562. The van der Waals surface area contributed by atoms with Gasteiger partial charge in [-0.05, 0) is 17.0 Å². The molecule has 17 heavy (non-hydrogen) atoms. The molecule has 0 aliphatic rings. The molecule has 0 amide bonds. The van der Waals surface area contributed by atoms with Gasteiger partial charge in [0, 0.05) is 6.54 Å². The maximum Gasteiger partial charge on any atom is 0.307 e. The molecule has 0 bridgehead atoms. The molecule has 2 N–H and O–H groups in total. The Labute approximate surface area is 102 Å². The summed E-state index contributed by atoms with van der Waals surface area (Å²) in [4.78, 5) is 15.7. The predicted molar refractivity (Wildman–Crippen MR) is 65.4 cm³/mol. The van der Waals surface area contributed by atoms with Crippen molar-refractivity contribution in [2.45, 2.75) is 26.8 Å². The van der Waals surface area contributed by atoms with Crippen LogP contribution in [-0.2, 0) is 22.6 Å². The van der Waals surface area contributed by atoms with Crippen molar-refractivity contribution in [2.24, 2.45) is 5.92 Å². The Hall–Kier alpha value is -1.39. The summed E-state index contributed by atoms with van der Waals surface area (Å²) in [5.74, 6) is -0.309. The molecule has 0 spiro atoms. The van der Waals surface area contributed by atoms with Crippen LogP contribution in [0.2, 0.25) is 0 Å². The standard InChI is InChI=1S/C13H19NO3/c1-10(2)9-17-14-8-12-5-3-11(4-6-12)7-13(15)16/h3-6,10,14H,7-9H2,1-2H3,(H,15,16). The van der Waals surface area contributed by atoms with E-state index in [4.69, 9.17) is 9.94 Å². The van der Waals surface area contributed by atoms with Gasteiger partial charge in [0.25, 0.3) is 0 Å². The van der Waals surface area contributed by atoms with Gasteiger partial charge in [0.05, 0.1) is 13.0 Å². The summed E-state index contributed by atoms with van der Waals surface area (Å²) in [5, 5.41) is 8.63. The van der Waals surface area contributed by atoms with Gasteiger partial charge in [0.2, 0.25) is 0 Å². The van der Waals surface area contributed by atoms with Gasteiger partial charge in [0.1, 0.15) is 0 Å². The highest BCUT2D eigenvalue weighted by Crippen LogP contribution is 2.05. The van der Waals surface area contributed by atoms with Crippen LogP contribution < -0.4 is 5.48 Å². The average molecular weight is 237 g/mol. The first-order valence-electron chi connectivity index (χ1n) is 5.72. The lowest BCUT2D eigenvalue weighted by molar-refractivity contribution is -0.136. The van der Waals surface area contributed by atoms with Crippen molar-refractivity contribution in [1.82, 2.24) is 5.48 Å². The zero-order valence-corrected chi connectivity index (χ0v) is 10.3. The highest BCUT2D eigenvalue weighted by molar-refractivity contribution is 5.70. The summed E-state index contributed by atoms with van der Waals surface area (Å²) in [6.45, 7) is 5.47. The monoisotopic (exact) mass is 237 g/mol. The van der Waals surface area contributed by atoms with E-state index in [1.54, 1.807) is 0 Å². The Bertz CT molecular complexity index is 346. The fraction of sp³-hybridized carbons (Fsp3) is 0.462. The summed E-state index contributed by atoms with van der Waals surface area (Å²) in [6.07, 6.45) is 0.0670. The van der Waals surface area contributed by atoms with Crippen molar-refractivity contribution in [3.63, 3.8) is 0 Å². The first-order valence-corrected chi connectivity index (χ1v) is 5.72. The third-order valence-electron chi connectivity index (χ3n) is 2.17. The lowest BCUT2D eigenvalue weighted by atomic mass is 10.1. The minimum absolute atomic E-state index is 0.0670. The summed E-state index contributed by atoms with van der Waals surface area (Å²) in [7, 11) is 0. The van der Waals surface area contributed by atoms with Crippen LogP contribution in [0.5, 0.6) is 0 Å². The SMILES string of the molecule is CC(C)CONCc1ccc(CC(=O)O)cc1. The molecule has 0 aliphatic carbocycles. The van der Waals surface area contributed by atoms with E-state index in [0.29, 0.717) is 19.1 Å². The molecule has 1 aromatic rings. The number of carbonyl (C=O) groups is 1. The Morgan fingerprint density at radius 3 is 2.41 bits per heavy atom. The highest BCUT2D eigenvalue weighted by Gasteiger charge is 2.00. The van der Waals surface area contributed by atoms with Crippen molar-refractivity contribution in [2.75, 3.05) is 6.61 Å². The zero-order chi connectivity index (χ0) is 12.7. The van der Waals surface area contributed by atoms with E-state index in [-0.39, 0.29) is 6.42 Å². The molecule has 0 saturated heterocycles. The fourth-order valence-electron chi connectivity index (χ4n) is 1.31. The molecule has 0 radical (unpaired) electrons. The minimum atomic E-state index is -0.809. The van der Waals surface area contributed by atoms with Gasteiger partial charge in [-0.2, -0.15) is 5.48 Å². The summed E-state index contributed by atoms with van der Waals surface area (Å²) in [5.41, 5.74) is 4.76. The summed E-state index contributed by atoms with van der Waals surface area (Å²) in [6, 6.07) is 7.47. The second-order valence-corrected chi connectivity index (χ2v) is 4.41. The second-order valence-electron chi connectivity index (χ2n) is 4.41. The minimum Gasteiger partial charge on any atom is -0.481 e. The Kier molecular flexibility index (Phi) is 5.66. The molecule has 4 nitrogen and oxygen atoms in total. The van der Waals surface area contributed by atoms with Gasteiger partial charge in [-0.3, -0.25) is 4.79 Å². The third kappa shape index (κ3) is 6.04. The number of hydrogen-bond donors (Lipinski definition) is 2. The van der Waals surface area contributed by atoms with Crippen LogP contribution >= 0.6 is 0 Å². The molecule has 0 saturated carbocycles. The lowest BCUT2D eigenvalue weighted by Gasteiger charge is -2.08. The normalized spacial score (nSPS) is 10.8. The van der Waals surface area contributed by atoms with Crippen molar-refractivity contribution in [1.29, 1.82) is 0 Å². The third-order valence-corrected chi connectivity index (χ3v) is 2.17. The van der Waals surface area contributed by atoms with E-state index in [2.05, 4.69) is 19.3 Å². The Balaban J connectivity index is 2.32. The van der Waals surface area contributed by atoms with Crippen LogP contribution in [0.3, 0.4) is 0 Å². The van der Waals surface area contributed by atoms with Crippen LogP contribution in [0.15, 0.2) is 24.3 Å². The van der Waals surface area contributed by atoms with E-state index in [1.807, 2.05) is 24.3 Å². The van der Waals surface area contributed by atoms with Gasteiger partial charge < -0.3 is 9.94 Å². The molecule has 0 fully saturated rings. The number of hydrogen-bond acceptors (Lipinski definition) is 3. The molecular weight excluding hydrogens is 218 g/mol. The topological polar surface area (TPSA) is 58.6 Å². The number of carboxylic acids is 1. The molecular formula is C13H19NO3. The van der Waals surface area contributed by atoms with E-state index < -0.39 is 5.97 Å². The molecule has 1 rings (SSSR count). The van der Waals surface area contributed by atoms with E-state index >= 15 is 0 Å². The van der Waals surface area contributed by atoms with E-state index in [0.717, 1.165) is 11.1 Å². The van der Waals surface area contributed by atoms with Gasteiger partial charge in [-0.15, -0.1) is 0 Å². The number of rotatable bonds is 7. The lowest BCUT2D eigenvalue weighted by Crippen LogP contribution is -2.17. The van der Waals surface area contributed by atoms with Gasteiger partial charge in [-0.25, -0.2) is 0 Å². The van der Waals surface area contributed by atoms with Crippen LogP contribution in [-0.4, -0.2) is 17.7 Å². The maximum absolute atomic E-state index is 10.5. The van der Waals surface area contributed by atoms with Crippen molar-refractivity contribution < 1.29 is 14.7 Å². The van der Waals surface area contributed by atoms with Gasteiger partial charge in [0.15, 0.2) is 0 Å². The molecule has 1 aromatic carbocycles. The van der Waals surface area contributed by atoms with Crippen LogP contribution in [0, 0.1) is 5.92 Å². The van der Waals surface area contributed by atoms with Gasteiger partial charge >= 0.3 is 5.97 Å². The number of hydroxylamine groups is 1. The van der Waals surface area contributed by atoms with Crippen LogP contribution in [0.4, 0.5) is 0 Å². The van der Waals surface area contributed by atoms with E-state index in [9.17, 15) is 4.79 Å². The first-order chi connectivity index (χ1) is 8.08. The zero-order valence-electron chi connectivity index (χ0n) is 10.3. The smallest absolute Gasteiger partial charge is 0.307 e. The molecule has 0 atom stereocenters.